The normalized spacial score (nSPS) is 16.0. The molecule has 2 heterocycles. The van der Waals surface area contributed by atoms with Gasteiger partial charge in [0.1, 0.15) is 5.75 Å². The number of Topliss-reactive ketones (excluding diaryl/α,β-unsaturated/α-hetero) is 1. The van der Waals surface area contributed by atoms with E-state index in [1.165, 1.54) is 33.5 Å². The van der Waals surface area contributed by atoms with Crippen molar-refractivity contribution >= 4 is 33.3 Å². The van der Waals surface area contributed by atoms with Crippen LogP contribution < -0.4 is 40.7 Å². The van der Waals surface area contributed by atoms with E-state index in [-0.39, 0.29) is 28.7 Å². The maximum atomic E-state index is 13.6. The number of nitrogens with zero attached hydrogens (tertiary/aromatic N) is 3. The predicted octanol–water partition coefficient (Wildman–Crippen LogP) is 4.83. The van der Waals surface area contributed by atoms with Crippen molar-refractivity contribution in [3.05, 3.63) is 125 Å². The summed E-state index contributed by atoms with van der Waals surface area (Å²) in [5.74, 6) is 3.31. The minimum absolute atomic E-state index is 0. The highest BCUT2D eigenvalue weighted by Crippen LogP contribution is 2.53. The first-order chi connectivity index (χ1) is 24.4. The molecule has 0 N–H and O–H groups in total. The molecule has 0 saturated heterocycles. The first-order valence-electron chi connectivity index (χ1n) is 17.5. The molecule has 0 radical (unpaired) electrons. The maximum absolute atomic E-state index is 13.6. The molecule has 1 aliphatic carbocycles. The Bertz CT molecular complexity index is 2280. The van der Waals surface area contributed by atoms with Gasteiger partial charge in [0.25, 0.3) is 0 Å². The summed E-state index contributed by atoms with van der Waals surface area (Å²) in [7, 11) is 5.18. The zero-order chi connectivity index (χ0) is 34.5. The fourth-order valence-corrected chi connectivity index (χ4v) is 8.40. The van der Waals surface area contributed by atoms with E-state index >= 15 is 0 Å². The smallest absolute Gasteiger partial charge is 0.245 e. The summed E-state index contributed by atoms with van der Waals surface area (Å²) in [6, 6.07) is 29.5. The van der Waals surface area contributed by atoms with E-state index in [0.29, 0.717) is 12.5 Å². The second-order valence-electron chi connectivity index (χ2n) is 13.9. The molecule has 8 rings (SSSR count). The van der Waals surface area contributed by atoms with Gasteiger partial charge >= 0.3 is 0 Å². The molecular formula is C43H44BrN3O4. The van der Waals surface area contributed by atoms with Crippen LogP contribution in [0.25, 0.3) is 21.8 Å². The summed E-state index contributed by atoms with van der Waals surface area (Å²) in [6.07, 6.45) is 4.08. The highest BCUT2D eigenvalue weighted by molar-refractivity contribution is 5.99. The summed E-state index contributed by atoms with van der Waals surface area (Å²) < 4.78 is 21.8. The molecular weight excluding hydrogens is 702 g/mol. The van der Waals surface area contributed by atoms with Crippen molar-refractivity contribution in [2.75, 3.05) is 39.3 Å². The molecule has 1 aromatic heterocycles. The van der Waals surface area contributed by atoms with Crippen LogP contribution in [0.5, 0.6) is 17.2 Å². The summed E-state index contributed by atoms with van der Waals surface area (Å²) in [5, 5.41) is 2.22. The summed E-state index contributed by atoms with van der Waals surface area (Å²) in [6.45, 7) is 7.26. The lowest BCUT2D eigenvalue weighted by molar-refractivity contribution is -0.658. The topological polar surface area (TPSA) is 56.8 Å². The van der Waals surface area contributed by atoms with Crippen molar-refractivity contribution in [1.29, 1.82) is 0 Å². The standard InChI is InChI=1S/C43H44N3O4.BrH/c1-27-18-36-37(19-28(27)2)46(25-38(47)31-15-14-29-10-6-7-11-30(29)20-31)26-45(36)17-9-16-44-24-33-21-32-22-40(49-4)41(50-5)23-35(32)42(33)34-12-8-13-39(48-3)43(34)44;/h6-8,10-15,18-20,22-23,26,33,42H,9,16-17,21,24-25H2,1-5H3;1H/q+1;/p-1/t33-,42-;/m0./s1. The Kier molecular flexibility index (Phi) is 9.55. The van der Waals surface area contributed by atoms with Crippen LogP contribution in [0, 0.1) is 19.8 Å². The summed E-state index contributed by atoms with van der Waals surface area (Å²) in [4.78, 5) is 16.2. The number of carbonyl (C=O) groups excluding carboxylic acids is 1. The zero-order valence-corrected chi connectivity index (χ0v) is 31.5. The Hall–Kier alpha value is -4.82. The fraction of sp³-hybridized carbons (Fsp3) is 0.302. The van der Waals surface area contributed by atoms with Gasteiger partial charge < -0.3 is 36.1 Å². The van der Waals surface area contributed by atoms with Crippen molar-refractivity contribution in [2.45, 2.75) is 45.7 Å². The molecule has 262 valence electrons. The maximum Gasteiger partial charge on any atom is 0.245 e. The van der Waals surface area contributed by atoms with Crippen molar-refractivity contribution in [3.63, 3.8) is 0 Å². The molecule has 2 aliphatic rings. The van der Waals surface area contributed by atoms with Crippen LogP contribution in [-0.2, 0) is 19.5 Å². The first-order valence-corrected chi connectivity index (χ1v) is 17.5. The van der Waals surface area contributed by atoms with Gasteiger partial charge in [-0.05, 0) is 101 Å². The minimum atomic E-state index is 0. The van der Waals surface area contributed by atoms with E-state index in [0.717, 1.165) is 77.1 Å². The number of halogens is 1. The van der Waals surface area contributed by atoms with Crippen LogP contribution in [-0.4, -0.2) is 44.8 Å². The molecule has 0 spiro atoms. The largest absolute Gasteiger partial charge is 1.00 e. The van der Waals surface area contributed by atoms with E-state index in [1.807, 2.05) is 30.3 Å². The lowest BCUT2D eigenvalue weighted by Crippen LogP contribution is -3.00. The van der Waals surface area contributed by atoms with Gasteiger partial charge in [0, 0.05) is 31.0 Å². The van der Waals surface area contributed by atoms with Gasteiger partial charge in [0.15, 0.2) is 29.1 Å². The molecule has 0 amide bonds. The Balaban J connectivity index is 0.00000406. The van der Waals surface area contributed by atoms with Crippen molar-refractivity contribution < 1.29 is 40.6 Å². The number of anilines is 1. The van der Waals surface area contributed by atoms with Crippen LogP contribution >= 0.6 is 0 Å². The zero-order valence-electron chi connectivity index (χ0n) is 29.9. The fourth-order valence-electron chi connectivity index (χ4n) is 8.40. The lowest BCUT2D eigenvalue weighted by Gasteiger charge is -2.39. The molecule has 5 aromatic carbocycles. The second kappa shape index (κ2) is 14.1. The van der Waals surface area contributed by atoms with Gasteiger partial charge in [-0.1, -0.05) is 48.5 Å². The number of hydrogen-bond acceptors (Lipinski definition) is 5. The number of ketones is 1. The van der Waals surface area contributed by atoms with Crippen molar-refractivity contribution in [1.82, 2.24) is 4.57 Å². The average Bonchev–Trinajstić information content (AvgIpc) is 3.66. The quantitative estimate of drug-likeness (QED) is 0.149. The van der Waals surface area contributed by atoms with Gasteiger partial charge in [0.2, 0.25) is 12.1 Å². The third kappa shape index (κ3) is 6.13. The van der Waals surface area contributed by atoms with E-state index in [4.69, 9.17) is 14.2 Å². The number of fused-ring (bicyclic) bond motifs is 7. The van der Waals surface area contributed by atoms with E-state index in [2.05, 4.69) is 88.8 Å². The molecule has 51 heavy (non-hydrogen) atoms. The average molecular weight is 747 g/mol. The first kappa shape index (κ1) is 34.6. The Morgan fingerprint density at radius 1 is 0.784 bits per heavy atom. The number of methoxy groups -OCH3 is 3. The molecule has 7 nitrogen and oxygen atoms in total. The summed E-state index contributed by atoms with van der Waals surface area (Å²) >= 11 is 0. The molecule has 6 aromatic rings. The van der Waals surface area contributed by atoms with Crippen LogP contribution in [0.4, 0.5) is 5.69 Å². The third-order valence-electron chi connectivity index (χ3n) is 11.0. The van der Waals surface area contributed by atoms with E-state index < -0.39 is 0 Å². The Morgan fingerprint density at radius 3 is 2.31 bits per heavy atom. The van der Waals surface area contributed by atoms with Crippen molar-refractivity contribution in [3.8, 4) is 17.2 Å². The van der Waals surface area contributed by atoms with Gasteiger partial charge in [0.05, 0.1) is 33.6 Å². The number of para-hydroxylation sites is 1. The number of aryl methyl sites for hydroxylation is 3. The van der Waals surface area contributed by atoms with Crippen LogP contribution in [0.2, 0.25) is 0 Å². The number of imidazole rings is 1. The number of aromatic nitrogens is 2. The number of ether oxygens (including phenoxy) is 3. The van der Waals surface area contributed by atoms with Gasteiger partial charge in [-0.25, -0.2) is 9.13 Å². The van der Waals surface area contributed by atoms with Crippen LogP contribution in [0.1, 0.15) is 50.5 Å². The molecule has 8 heteroatoms. The van der Waals surface area contributed by atoms with E-state index in [1.54, 1.807) is 21.3 Å². The Labute approximate surface area is 310 Å². The van der Waals surface area contributed by atoms with Crippen molar-refractivity contribution in [2.24, 2.45) is 5.92 Å². The molecule has 1 aliphatic heterocycles. The van der Waals surface area contributed by atoms with Crippen LogP contribution in [0.15, 0.2) is 91.3 Å². The molecule has 0 fully saturated rings. The monoisotopic (exact) mass is 745 g/mol. The lowest BCUT2D eigenvalue weighted by atomic mass is 9.81. The number of benzene rings is 5. The van der Waals surface area contributed by atoms with Gasteiger partial charge in [-0.15, -0.1) is 0 Å². The SMILES string of the molecule is COc1cc2c(cc1OC)[C@@H]1c3cccc(OC)c3N(CCCn3c[n+](CC(=O)c4ccc5ccccc5c4)c4cc(C)c(C)cc43)C[C@@H]1C2.[Br-]. The second-order valence-corrected chi connectivity index (χ2v) is 13.9. The molecule has 0 bridgehead atoms. The van der Waals surface area contributed by atoms with E-state index in [9.17, 15) is 4.79 Å². The van der Waals surface area contributed by atoms with Gasteiger partial charge in [-0.3, -0.25) is 4.79 Å². The molecule has 0 saturated carbocycles. The van der Waals surface area contributed by atoms with Crippen LogP contribution in [0.3, 0.4) is 0 Å². The highest BCUT2D eigenvalue weighted by Gasteiger charge is 2.42. The number of carbonyl (C=O) groups is 1. The Morgan fingerprint density at radius 2 is 1.53 bits per heavy atom. The molecule has 0 unspecified atom stereocenters. The third-order valence-corrected chi connectivity index (χ3v) is 11.0. The van der Waals surface area contributed by atoms with Gasteiger partial charge in [-0.2, -0.15) is 0 Å². The number of rotatable bonds is 10. The molecule has 2 atom stereocenters. The predicted molar refractivity (Wildman–Crippen MR) is 198 cm³/mol. The minimum Gasteiger partial charge on any atom is -1.00 e. The summed E-state index contributed by atoms with van der Waals surface area (Å²) in [5.41, 5.74) is 10.6. The highest BCUT2D eigenvalue weighted by atomic mass is 79.9. The number of hydrogen-bond donors (Lipinski definition) is 0.